The molecular formula is C46H103BCl2N8O11. The molecule has 3 amide bonds. The summed E-state index contributed by atoms with van der Waals surface area (Å²) in [6.07, 6.45) is 2.34. The van der Waals surface area contributed by atoms with E-state index in [9.17, 15) is 14.4 Å². The molecule has 0 radical (unpaired) electrons. The van der Waals surface area contributed by atoms with Gasteiger partial charge in [0.05, 0.1) is 58.3 Å². The molecule has 0 aliphatic carbocycles. The van der Waals surface area contributed by atoms with Gasteiger partial charge in [-0.25, -0.2) is 15.0 Å². The highest BCUT2D eigenvalue weighted by Gasteiger charge is 2.27. The van der Waals surface area contributed by atoms with Gasteiger partial charge in [-0.15, -0.1) is 29.8 Å². The molecule has 2 unspecified atom stereocenters. The molecule has 0 saturated carbocycles. The molecule has 3 aliphatic heterocycles. The molecule has 3 heterocycles. The van der Waals surface area contributed by atoms with Crippen LogP contribution in [0.4, 0.5) is 9.59 Å². The molecule has 68 heavy (non-hydrogen) atoms. The molecule has 2 atom stereocenters. The Morgan fingerprint density at radius 1 is 0.853 bits per heavy atom. The van der Waals surface area contributed by atoms with Crippen LogP contribution in [-0.4, -0.2) is 183 Å². The monoisotopic (exact) mass is 1020 g/mol. The summed E-state index contributed by atoms with van der Waals surface area (Å²) in [6, 6.07) is -0.0401. The van der Waals surface area contributed by atoms with Crippen LogP contribution in [0.1, 0.15) is 97.1 Å². The number of ether oxygens (including phenoxy) is 6. The fraction of sp³-hybridized carbons (Fsp3) is 0.761. The van der Waals surface area contributed by atoms with E-state index in [2.05, 4.69) is 54.7 Å². The summed E-state index contributed by atoms with van der Waals surface area (Å²) in [4.78, 5) is 39.7. The normalized spacial score (nSPS) is 17.2. The Hall–Kier alpha value is -3.15. The second-order valence-electron chi connectivity index (χ2n) is 18.3. The number of nitrogens with one attached hydrogen (secondary N) is 4. The van der Waals surface area contributed by atoms with E-state index in [1.54, 1.807) is 16.6 Å². The van der Waals surface area contributed by atoms with Crippen LogP contribution in [0, 0.1) is 0 Å². The van der Waals surface area contributed by atoms with Crippen molar-refractivity contribution < 1.29 is 60.1 Å². The van der Waals surface area contributed by atoms with E-state index in [-0.39, 0.29) is 56.9 Å². The summed E-state index contributed by atoms with van der Waals surface area (Å²) in [5.41, 5.74) is 8.72. The lowest BCUT2D eigenvalue weighted by molar-refractivity contribution is -0.120. The van der Waals surface area contributed by atoms with E-state index in [0.717, 1.165) is 24.1 Å². The Balaban J connectivity index is -0.000000101. The fourth-order valence-electron chi connectivity index (χ4n) is 4.73. The van der Waals surface area contributed by atoms with Gasteiger partial charge >= 0.3 is 19.2 Å². The smallest absolute Gasteiger partial charge is 0.410 e. The average Bonchev–Trinajstić information content (AvgIpc) is 3.73. The zero-order valence-electron chi connectivity index (χ0n) is 42.9. The maximum Gasteiger partial charge on any atom is 0.410 e. The third-order valence-electron chi connectivity index (χ3n) is 7.74. The Bertz CT molecular complexity index is 1420. The maximum absolute atomic E-state index is 11.8. The molecular weight excluding hydrogens is 922 g/mol. The lowest BCUT2D eigenvalue weighted by Crippen LogP contribution is -2.50. The third-order valence-corrected chi connectivity index (χ3v) is 8.50. The Morgan fingerprint density at radius 3 is 1.69 bits per heavy atom. The van der Waals surface area contributed by atoms with Crippen molar-refractivity contribution in [1.82, 2.24) is 36.2 Å². The minimum absolute atomic E-state index is 0. The van der Waals surface area contributed by atoms with Gasteiger partial charge in [-0.05, 0) is 93.3 Å². The molecule has 0 spiro atoms. The number of allylic oxidation sites excluding steroid dienone is 2. The number of carbonyl (C=O) groups is 3. The summed E-state index contributed by atoms with van der Waals surface area (Å²) in [6.45, 7) is 44.3. The van der Waals surface area contributed by atoms with Gasteiger partial charge in [0.1, 0.15) is 16.8 Å². The number of aliphatic hydroxyl groups excluding tert-OH is 1. The van der Waals surface area contributed by atoms with E-state index in [1.165, 1.54) is 6.92 Å². The van der Waals surface area contributed by atoms with Crippen LogP contribution >= 0.6 is 23.2 Å². The van der Waals surface area contributed by atoms with E-state index in [0.29, 0.717) is 96.6 Å². The first-order chi connectivity index (χ1) is 31.1. The Morgan fingerprint density at radius 2 is 1.29 bits per heavy atom. The largest absolute Gasteiger partial charge is 0.474 e. The van der Waals surface area contributed by atoms with Crippen LogP contribution in [0.25, 0.3) is 0 Å². The standard InChI is InChI=1S/C13H25N3O3.C11H19NO3.C10H21N3O3.C4H6Cl2.C4H8.C3H10BNO2.CH4.5H2/c1-10(17)14-15-12-8-16(6-7-18-9-12)11(2)19-13(3,4)5;1-9-7-12(5-6-14-8-9)10(13)15-11(2,3)4;1-10(2,3)16-9(14)13-4-5-15-7-8(6-13)12-11;1-4(2-5)3-6;1-3-4-2;1-4(7)5-2-3-6;;;;;;/h12,15H,2,6-9H2,1,3-5H3,(H,14,17);1,5-8H2,2-4H3;8,12H,4-7,11H2,1-3H3;1-3H2;3H,1,4H2,2H3;5-7H,2-3H2,1H3;1H4;5*1H. The highest BCUT2D eigenvalue weighted by Crippen LogP contribution is 2.17. The first kappa shape index (κ1) is 71.4. The molecule has 8 N–H and O–H groups in total. The van der Waals surface area contributed by atoms with Gasteiger partial charge < -0.3 is 58.5 Å². The number of rotatable bonds is 11. The van der Waals surface area contributed by atoms with Crippen LogP contribution in [-0.2, 0) is 33.2 Å². The molecule has 3 fully saturated rings. The molecule has 0 aromatic heterocycles. The fourth-order valence-corrected chi connectivity index (χ4v) is 5.01. The number of carbonyl (C=O) groups excluding carboxylic acids is 3. The lowest BCUT2D eigenvalue weighted by atomic mass is 9.89. The van der Waals surface area contributed by atoms with Crippen LogP contribution in [0.5, 0.6) is 0 Å². The molecule has 0 aromatic carbocycles. The van der Waals surface area contributed by atoms with Crippen molar-refractivity contribution in [3.63, 3.8) is 0 Å². The predicted octanol–water partition coefficient (Wildman–Crippen LogP) is 6.66. The quantitative estimate of drug-likeness (QED) is 0.0287. The average molecular weight is 1030 g/mol. The SMILES string of the molecule is C.C=C(CCl)CCl.C=C(OC(C)(C)C)N1CCOCC(NNC(C)=O)C1.C=C1COCCN(C(=O)OC(C)(C)C)C1.C=CCC.CB(O)NCCO.CC(C)(C)OC(=O)N1CCOCC(NN)C1.[HH].[HH].[HH].[HH].[HH]. The van der Waals surface area contributed by atoms with Crippen LogP contribution < -0.4 is 27.3 Å². The first-order valence-electron chi connectivity index (χ1n) is 22.5. The molecule has 3 rings (SSSR count). The van der Waals surface area contributed by atoms with Crippen LogP contribution in [0.15, 0.2) is 49.4 Å². The Kier molecular flexibility index (Phi) is 42.6. The van der Waals surface area contributed by atoms with Crippen molar-refractivity contribution in [2.24, 2.45) is 5.84 Å². The minimum Gasteiger partial charge on any atom is -0.474 e. The highest BCUT2D eigenvalue weighted by atomic mass is 35.5. The molecule has 3 aliphatic rings. The van der Waals surface area contributed by atoms with Crippen molar-refractivity contribution in [2.75, 3.05) is 104 Å². The molecule has 0 aromatic rings. The van der Waals surface area contributed by atoms with Gasteiger partial charge in [-0.3, -0.25) is 21.5 Å². The molecule has 3 saturated heterocycles. The number of nitrogens with two attached hydrogens (primary N) is 1. The summed E-state index contributed by atoms with van der Waals surface area (Å²) in [5, 5.41) is 19.2. The number of aliphatic hydroxyl groups is 1. The van der Waals surface area contributed by atoms with Gasteiger partial charge in [-0.1, -0.05) is 33.6 Å². The molecule has 19 nitrogen and oxygen atoms in total. The van der Waals surface area contributed by atoms with Crippen molar-refractivity contribution in [3.8, 4) is 0 Å². The maximum atomic E-state index is 11.8. The summed E-state index contributed by atoms with van der Waals surface area (Å²) in [7, 11) is -0.507. The number of hydrazine groups is 2. The van der Waals surface area contributed by atoms with Crippen molar-refractivity contribution in [1.29, 1.82) is 0 Å². The zero-order valence-corrected chi connectivity index (χ0v) is 44.4. The van der Waals surface area contributed by atoms with Gasteiger partial charge in [0.25, 0.3) is 0 Å². The van der Waals surface area contributed by atoms with Crippen LogP contribution in [0.3, 0.4) is 0 Å². The van der Waals surface area contributed by atoms with E-state index < -0.39 is 18.3 Å². The minimum atomic E-state index is -0.507. The number of nitrogens with zero attached hydrogens (tertiary/aromatic N) is 3. The lowest BCUT2D eigenvalue weighted by Gasteiger charge is -2.32. The van der Waals surface area contributed by atoms with Crippen molar-refractivity contribution >= 4 is 48.3 Å². The first-order valence-corrected chi connectivity index (χ1v) is 23.5. The van der Waals surface area contributed by atoms with Gasteiger partial charge in [-0.2, -0.15) is 0 Å². The summed E-state index contributed by atoms with van der Waals surface area (Å²) >= 11 is 10.5. The van der Waals surface area contributed by atoms with E-state index in [1.807, 2.05) is 73.3 Å². The summed E-state index contributed by atoms with van der Waals surface area (Å²) in [5.74, 6) is 6.81. The summed E-state index contributed by atoms with van der Waals surface area (Å²) < 4.78 is 32.4. The number of amides is 3. The van der Waals surface area contributed by atoms with E-state index >= 15 is 0 Å². The number of halogens is 2. The van der Waals surface area contributed by atoms with Gasteiger partial charge in [0, 0.05) is 71.6 Å². The van der Waals surface area contributed by atoms with Crippen molar-refractivity contribution in [2.45, 2.75) is 126 Å². The predicted molar refractivity (Wildman–Crippen MR) is 288 cm³/mol. The topological polar surface area (TPSA) is 231 Å². The second-order valence-corrected chi connectivity index (χ2v) is 18.8. The Labute approximate surface area is 428 Å². The van der Waals surface area contributed by atoms with Gasteiger partial charge in [0.15, 0.2) is 5.88 Å². The van der Waals surface area contributed by atoms with Crippen molar-refractivity contribution in [3.05, 3.63) is 49.4 Å². The second kappa shape index (κ2) is 40.6. The molecule has 0 bridgehead atoms. The zero-order chi connectivity index (χ0) is 52.2. The highest BCUT2D eigenvalue weighted by molar-refractivity contribution is 6.45. The number of hydrogen-bond donors (Lipinski definition) is 7. The number of hydrogen-bond acceptors (Lipinski definition) is 16. The number of alkyl halides is 2. The molecule has 22 heteroatoms. The van der Waals surface area contributed by atoms with E-state index in [4.69, 9.17) is 67.6 Å². The molecule has 410 valence electrons. The third kappa shape index (κ3) is 45.3. The van der Waals surface area contributed by atoms with Gasteiger partial charge in [0.2, 0.25) is 5.91 Å². The van der Waals surface area contributed by atoms with Crippen LogP contribution in [0.2, 0.25) is 6.82 Å².